The van der Waals surface area contributed by atoms with Crippen molar-refractivity contribution in [3.63, 3.8) is 0 Å². The van der Waals surface area contributed by atoms with Crippen LogP contribution in [-0.2, 0) is 6.18 Å². The number of alkyl halides is 3. The van der Waals surface area contributed by atoms with Crippen molar-refractivity contribution in [3.8, 4) is 0 Å². The average Bonchev–Trinajstić information content (AvgIpc) is 2.36. The third-order valence-corrected chi connectivity index (χ3v) is 4.35. The van der Waals surface area contributed by atoms with Crippen molar-refractivity contribution in [2.24, 2.45) is 23.5 Å². The second kappa shape index (κ2) is 5.76. The van der Waals surface area contributed by atoms with Crippen LogP contribution in [0, 0.1) is 17.8 Å². The van der Waals surface area contributed by atoms with Crippen LogP contribution in [0.1, 0.15) is 50.3 Å². The lowest BCUT2D eigenvalue weighted by Gasteiger charge is -2.35. The SMILES string of the molecule is CC1CC(C)CC(C(N)c2ccc(C(F)(F)F)cc2)C1. The molecule has 2 N–H and O–H groups in total. The Morgan fingerprint density at radius 1 is 1.00 bits per heavy atom. The number of nitrogens with two attached hydrogens (primary N) is 1. The second-order valence-electron chi connectivity index (χ2n) is 6.32. The lowest BCUT2D eigenvalue weighted by atomic mass is 9.72. The highest BCUT2D eigenvalue weighted by Gasteiger charge is 2.32. The molecule has 3 atom stereocenters. The largest absolute Gasteiger partial charge is 0.416 e. The molecule has 0 heterocycles. The molecule has 1 aliphatic carbocycles. The summed E-state index contributed by atoms with van der Waals surface area (Å²) >= 11 is 0. The minimum atomic E-state index is -4.28. The van der Waals surface area contributed by atoms with Crippen LogP contribution in [0.5, 0.6) is 0 Å². The van der Waals surface area contributed by atoms with Crippen LogP contribution in [-0.4, -0.2) is 0 Å². The van der Waals surface area contributed by atoms with Crippen molar-refractivity contribution >= 4 is 0 Å². The maximum atomic E-state index is 12.5. The number of rotatable bonds is 2. The van der Waals surface area contributed by atoms with Gasteiger partial charge >= 0.3 is 6.18 Å². The predicted molar refractivity (Wildman–Crippen MR) is 74.0 cm³/mol. The Morgan fingerprint density at radius 3 is 1.95 bits per heavy atom. The molecular weight excluding hydrogens is 263 g/mol. The Balaban J connectivity index is 2.11. The summed E-state index contributed by atoms with van der Waals surface area (Å²) in [5, 5.41) is 0. The quantitative estimate of drug-likeness (QED) is 0.831. The topological polar surface area (TPSA) is 26.0 Å². The van der Waals surface area contributed by atoms with Gasteiger partial charge in [-0.15, -0.1) is 0 Å². The molecule has 1 nitrogen and oxygen atoms in total. The number of halogens is 3. The molecule has 4 heteroatoms. The maximum Gasteiger partial charge on any atom is 0.416 e. The van der Waals surface area contributed by atoms with Crippen LogP contribution in [0.3, 0.4) is 0 Å². The molecule has 1 fully saturated rings. The Morgan fingerprint density at radius 2 is 1.50 bits per heavy atom. The van der Waals surface area contributed by atoms with Crippen molar-refractivity contribution in [2.75, 3.05) is 0 Å². The van der Waals surface area contributed by atoms with Crippen LogP contribution in [0.4, 0.5) is 13.2 Å². The number of hydrogen-bond donors (Lipinski definition) is 1. The van der Waals surface area contributed by atoms with E-state index in [9.17, 15) is 13.2 Å². The molecule has 3 unspecified atom stereocenters. The highest BCUT2D eigenvalue weighted by Crippen LogP contribution is 2.39. The molecule has 1 aromatic carbocycles. The molecule has 1 aliphatic rings. The normalized spacial score (nSPS) is 29.2. The van der Waals surface area contributed by atoms with Gasteiger partial charge in [-0.2, -0.15) is 13.2 Å². The standard InChI is InChI=1S/C16H22F3N/c1-10-7-11(2)9-13(8-10)15(20)12-3-5-14(6-4-12)16(17,18)19/h3-6,10-11,13,15H,7-9,20H2,1-2H3. The van der Waals surface area contributed by atoms with Gasteiger partial charge < -0.3 is 5.73 Å². The van der Waals surface area contributed by atoms with Crippen LogP contribution in [0.2, 0.25) is 0 Å². The van der Waals surface area contributed by atoms with Crippen LogP contribution < -0.4 is 5.73 Å². The first kappa shape index (κ1) is 15.4. The summed E-state index contributed by atoms with van der Waals surface area (Å²) in [6.07, 6.45) is -0.939. The lowest BCUT2D eigenvalue weighted by Crippen LogP contribution is -2.29. The molecule has 0 aromatic heterocycles. The first-order valence-corrected chi connectivity index (χ1v) is 7.20. The molecule has 0 amide bonds. The third-order valence-electron chi connectivity index (χ3n) is 4.35. The molecule has 0 spiro atoms. The number of hydrogen-bond acceptors (Lipinski definition) is 1. The van der Waals surface area contributed by atoms with E-state index in [4.69, 9.17) is 5.73 Å². The first-order valence-electron chi connectivity index (χ1n) is 7.20. The van der Waals surface area contributed by atoms with Gasteiger partial charge in [0.1, 0.15) is 0 Å². The summed E-state index contributed by atoms with van der Waals surface area (Å²) in [6, 6.07) is 5.15. The maximum absolute atomic E-state index is 12.5. The zero-order valence-electron chi connectivity index (χ0n) is 12.0. The van der Waals surface area contributed by atoms with Crippen LogP contribution >= 0.6 is 0 Å². The van der Waals surface area contributed by atoms with Gasteiger partial charge in [0.25, 0.3) is 0 Å². The van der Waals surface area contributed by atoms with Crippen molar-refractivity contribution < 1.29 is 13.2 Å². The highest BCUT2D eigenvalue weighted by atomic mass is 19.4. The van der Waals surface area contributed by atoms with Crippen molar-refractivity contribution in [2.45, 2.75) is 45.3 Å². The fraction of sp³-hybridized carbons (Fsp3) is 0.625. The smallest absolute Gasteiger partial charge is 0.324 e. The Bertz CT molecular complexity index is 428. The molecule has 1 saturated carbocycles. The van der Waals surface area contributed by atoms with Gasteiger partial charge in [-0.1, -0.05) is 26.0 Å². The molecule has 0 radical (unpaired) electrons. The Labute approximate surface area is 118 Å². The second-order valence-corrected chi connectivity index (χ2v) is 6.32. The van der Waals surface area contributed by atoms with Gasteiger partial charge in [-0.25, -0.2) is 0 Å². The molecule has 2 rings (SSSR count). The van der Waals surface area contributed by atoms with Gasteiger partial charge in [-0.05, 0) is 54.7 Å². The van der Waals surface area contributed by atoms with E-state index in [1.165, 1.54) is 18.6 Å². The van der Waals surface area contributed by atoms with E-state index < -0.39 is 11.7 Å². The van der Waals surface area contributed by atoms with Crippen LogP contribution in [0.25, 0.3) is 0 Å². The Kier molecular flexibility index (Phi) is 4.43. The summed E-state index contributed by atoms with van der Waals surface area (Å²) in [5.41, 5.74) is 6.47. The van der Waals surface area contributed by atoms with Crippen molar-refractivity contribution in [3.05, 3.63) is 35.4 Å². The van der Waals surface area contributed by atoms with E-state index in [1.807, 2.05) is 0 Å². The zero-order valence-corrected chi connectivity index (χ0v) is 12.0. The monoisotopic (exact) mass is 285 g/mol. The van der Waals surface area contributed by atoms with Gasteiger partial charge in [0.15, 0.2) is 0 Å². The van der Waals surface area contributed by atoms with Crippen LogP contribution in [0.15, 0.2) is 24.3 Å². The summed E-state index contributed by atoms with van der Waals surface area (Å²) < 4.78 is 37.6. The van der Waals surface area contributed by atoms with E-state index in [2.05, 4.69) is 13.8 Å². The first-order chi connectivity index (χ1) is 9.27. The molecular formula is C16H22F3N. The molecule has 112 valence electrons. The summed E-state index contributed by atoms with van der Waals surface area (Å²) in [5.74, 6) is 1.65. The minimum Gasteiger partial charge on any atom is -0.324 e. The van der Waals surface area contributed by atoms with Gasteiger partial charge in [-0.3, -0.25) is 0 Å². The molecule has 20 heavy (non-hydrogen) atoms. The molecule has 1 aromatic rings. The average molecular weight is 285 g/mol. The van der Waals surface area contributed by atoms with Gasteiger partial charge in [0, 0.05) is 6.04 Å². The van der Waals surface area contributed by atoms with Gasteiger partial charge in [0.05, 0.1) is 5.56 Å². The summed E-state index contributed by atoms with van der Waals surface area (Å²) in [7, 11) is 0. The Hall–Kier alpha value is -1.03. The van der Waals surface area contributed by atoms with E-state index in [1.54, 1.807) is 0 Å². The summed E-state index contributed by atoms with van der Waals surface area (Å²) in [4.78, 5) is 0. The van der Waals surface area contributed by atoms with E-state index >= 15 is 0 Å². The zero-order chi connectivity index (χ0) is 14.9. The number of benzene rings is 1. The fourth-order valence-electron chi connectivity index (χ4n) is 3.47. The van der Waals surface area contributed by atoms with Gasteiger partial charge in [0.2, 0.25) is 0 Å². The molecule has 0 aliphatic heterocycles. The lowest BCUT2D eigenvalue weighted by molar-refractivity contribution is -0.137. The predicted octanol–water partition coefficient (Wildman–Crippen LogP) is 4.78. The minimum absolute atomic E-state index is 0.164. The molecule has 0 saturated heterocycles. The van der Waals surface area contributed by atoms with Crippen molar-refractivity contribution in [1.29, 1.82) is 0 Å². The van der Waals surface area contributed by atoms with E-state index in [-0.39, 0.29) is 6.04 Å². The third kappa shape index (κ3) is 3.54. The molecule has 0 bridgehead atoms. The van der Waals surface area contributed by atoms with E-state index in [0.29, 0.717) is 17.8 Å². The highest BCUT2D eigenvalue weighted by molar-refractivity contribution is 5.27. The van der Waals surface area contributed by atoms with E-state index in [0.717, 1.165) is 30.5 Å². The summed E-state index contributed by atoms with van der Waals surface area (Å²) in [6.45, 7) is 4.45. The van der Waals surface area contributed by atoms with Crippen molar-refractivity contribution in [1.82, 2.24) is 0 Å². The fourth-order valence-corrected chi connectivity index (χ4v) is 3.47.